The Morgan fingerprint density at radius 2 is 1.90 bits per heavy atom. The number of carbonyl (C=O) groups is 3. The van der Waals surface area contributed by atoms with Crippen molar-refractivity contribution in [2.75, 3.05) is 13.2 Å². The fourth-order valence-electron chi connectivity index (χ4n) is 1.39. The number of ketones is 1. The second-order valence-electron chi connectivity index (χ2n) is 4.83. The standard InChI is InChI=1S/C14H19NO4S/c1-9(2)6-7-15-13(17)8-19-14(18)12-5-4-11(20-12)10(3)16/h4-5,9H,6-8H2,1-3H3,(H,15,17). The molecule has 0 unspecified atom stereocenters. The molecule has 1 amide bonds. The molecule has 0 spiro atoms. The third-order valence-corrected chi connectivity index (χ3v) is 3.70. The third kappa shape index (κ3) is 5.52. The van der Waals surface area contributed by atoms with Crippen molar-refractivity contribution in [3.05, 3.63) is 21.9 Å². The summed E-state index contributed by atoms with van der Waals surface area (Å²) in [5, 5.41) is 2.68. The maximum atomic E-state index is 11.7. The molecule has 1 heterocycles. The van der Waals surface area contributed by atoms with Gasteiger partial charge >= 0.3 is 5.97 Å². The van der Waals surface area contributed by atoms with Crippen molar-refractivity contribution >= 4 is 29.0 Å². The Hall–Kier alpha value is -1.69. The Kier molecular flexibility index (Phi) is 6.38. The number of esters is 1. The fraction of sp³-hybridized carbons (Fsp3) is 0.500. The van der Waals surface area contributed by atoms with Crippen LogP contribution >= 0.6 is 11.3 Å². The van der Waals surface area contributed by atoms with Crippen LogP contribution in [0.25, 0.3) is 0 Å². The van der Waals surface area contributed by atoms with Crippen LogP contribution in [0.3, 0.4) is 0 Å². The van der Waals surface area contributed by atoms with Crippen molar-refractivity contribution in [2.45, 2.75) is 27.2 Å². The van der Waals surface area contributed by atoms with Gasteiger partial charge in [-0.15, -0.1) is 11.3 Å². The molecule has 0 atom stereocenters. The minimum atomic E-state index is -0.582. The molecular weight excluding hydrogens is 278 g/mol. The summed E-state index contributed by atoms with van der Waals surface area (Å²) in [5.41, 5.74) is 0. The summed E-state index contributed by atoms with van der Waals surface area (Å²) in [5.74, 6) is -0.488. The first-order chi connectivity index (χ1) is 9.40. The zero-order chi connectivity index (χ0) is 15.1. The Labute approximate surface area is 122 Å². The monoisotopic (exact) mass is 297 g/mol. The first kappa shape index (κ1) is 16.4. The minimum absolute atomic E-state index is 0.0968. The highest BCUT2D eigenvalue weighted by Crippen LogP contribution is 2.17. The Morgan fingerprint density at radius 1 is 1.25 bits per heavy atom. The molecule has 0 saturated heterocycles. The number of Topliss-reactive ketones (excluding diaryl/α,β-unsaturated/α-hetero) is 1. The zero-order valence-corrected chi connectivity index (χ0v) is 12.7. The topological polar surface area (TPSA) is 72.5 Å². The van der Waals surface area contributed by atoms with Crippen LogP contribution in [-0.2, 0) is 9.53 Å². The second kappa shape index (κ2) is 7.79. The van der Waals surface area contributed by atoms with Gasteiger partial charge in [-0.3, -0.25) is 9.59 Å². The lowest BCUT2D eigenvalue weighted by atomic mass is 10.1. The van der Waals surface area contributed by atoms with E-state index in [4.69, 9.17) is 4.74 Å². The SMILES string of the molecule is CC(=O)c1ccc(C(=O)OCC(=O)NCCC(C)C)s1. The van der Waals surface area contributed by atoms with E-state index in [-0.39, 0.29) is 18.3 Å². The molecule has 0 radical (unpaired) electrons. The molecule has 0 saturated carbocycles. The summed E-state index contributed by atoms with van der Waals surface area (Å²) in [7, 11) is 0. The van der Waals surface area contributed by atoms with Gasteiger partial charge in [0.15, 0.2) is 12.4 Å². The first-order valence-corrected chi connectivity index (χ1v) is 7.26. The predicted molar refractivity (Wildman–Crippen MR) is 77.1 cm³/mol. The van der Waals surface area contributed by atoms with Crippen LogP contribution in [0, 0.1) is 5.92 Å². The van der Waals surface area contributed by atoms with Gasteiger partial charge in [-0.05, 0) is 31.4 Å². The largest absolute Gasteiger partial charge is 0.451 e. The van der Waals surface area contributed by atoms with Gasteiger partial charge in [-0.2, -0.15) is 0 Å². The van der Waals surface area contributed by atoms with Gasteiger partial charge in [0.2, 0.25) is 0 Å². The van der Waals surface area contributed by atoms with Crippen molar-refractivity contribution in [2.24, 2.45) is 5.92 Å². The number of hydrogen-bond acceptors (Lipinski definition) is 5. The number of amides is 1. The van der Waals surface area contributed by atoms with E-state index in [1.54, 1.807) is 6.07 Å². The number of rotatable bonds is 7. The quantitative estimate of drug-likeness (QED) is 0.619. The van der Waals surface area contributed by atoms with Crippen LogP contribution in [0.5, 0.6) is 0 Å². The zero-order valence-electron chi connectivity index (χ0n) is 11.9. The van der Waals surface area contributed by atoms with E-state index in [1.165, 1.54) is 13.0 Å². The molecule has 0 aliphatic carbocycles. The van der Waals surface area contributed by atoms with E-state index >= 15 is 0 Å². The molecule has 0 aromatic carbocycles. The highest BCUT2D eigenvalue weighted by atomic mass is 32.1. The average molecular weight is 297 g/mol. The molecule has 20 heavy (non-hydrogen) atoms. The van der Waals surface area contributed by atoms with Gasteiger partial charge in [0.25, 0.3) is 5.91 Å². The normalized spacial score (nSPS) is 10.4. The fourth-order valence-corrected chi connectivity index (χ4v) is 2.19. The van der Waals surface area contributed by atoms with Crippen LogP contribution in [0.15, 0.2) is 12.1 Å². The molecule has 1 aromatic heterocycles. The lowest BCUT2D eigenvalue weighted by molar-refractivity contribution is -0.124. The molecule has 110 valence electrons. The van der Waals surface area contributed by atoms with E-state index in [0.29, 0.717) is 22.2 Å². The smallest absolute Gasteiger partial charge is 0.348 e. The Balaban J connectivity index is 2.35. The molecule has 1 aromatic rings. The highest BCUT2D eigenvalue weighted by molar-refractivity contribution is 7.15. The highest BCUT2D eigenvalue weighted by Gasteiger charge is 2.14. The van der Waals surface area contributed by atoms with Gasteiger partial charge in [0.05, 0.1) is 4.88 Å². The van der Waals surface area contributed by atoms with Crippen molar-refractivity contribution in [1.29, 1.82) is 0 Å². The van der Waals surface area contributed by atoms with Crippen molar-refractivity contribution < 1.29 is 19.1 Å². The van der Waals surface area contributed by atoms with E-state index in [2.05, 4.69) is 19.2 Å². The average Bonchev–Trinajstić information content (AvgIpc) is 2.85. The summed E-state index contributed by atoms with van der Waals surface area (Å²) in [6, 6.07) is 3.10. The molecule has 5 nitrogen and oxygen atoms in total. The second-order valence-corrected chi connectivity index (χ2v) is 5.91. The van der Waals surface area contributed by atoms with Crippen LogP contribution in [0.1, 0.15) is 46.5 Å². The van der Waals surface area contributed by atoms with Crippen LogP contribution in [0.4, 0.5) is 0 Å². The maximum absolute atomic E-state index is 11.7. The van der Waals surface area contributed by atoms with Gasteiger partial charge in [-0.1, -0.05) is 13.8 Å². The van der Waals surface area contributed by atoms with E-state index in [1.807, 2.05) is 0 Å². The van der Waals surface area contributed by atoms with Crippen LogP contribution in [-0.4, -0.2) is 30.8 Å². The number of carbonyl (C=O) groups excluding carboxylic acids is 3. The van der Waals surface area contributed by atoms with E-state index in [0.717, 1.165) is 17.8 Å². The number of thiophene rings is 1. The summed E-state index contributed by atoms with van der Waals surface area (Å²) in [6.07, 6.45) is 0.882. The van der Waals surface area contributed by atoms with Gasteiger partial charge in [0.1, 0.15) is 4.88 Å². The number of ether oxygens (including phenoxy) is 1. The molecule has 0 aliphatic rings. The lowest BCUT2D eigenvalue weighted by Crippen LogP contribution is -2.30. The minimum Gasteiger partial charge on any atom is -0.451 e. The first-order valence-electron chi connectivity index (χ1n) is 6.44. The lowest BCUT2D eigenvalue weighted by Gasteiger charge is -2.07. The Morgan fingerprint density at radius 3 is 2.45 bits per heavy atom. The van der Waals surface area contributed by atoms with Crippen LogP contribution < -0.4 is 5.32 Å². The molecule has 0 bridgehead atoms. The molecule has 1 N–H and O–H groups in total. The van der Waals surface area contributed by atoms with E-state index in [9.17, 15) is 14.4 Å². The summed E-state index contributed by atoms with van der Waals surface area (Å²) in [4.78, 5) is 35.0. The van der Waals surface area contributed by atoms with Crippen molar-refractivity contribution in [1.82, 2.24) is 5.32 Å². The van der Waals surface area contributed by atoms with Crippen molar-refractivity contribution in [3.8, 4) is 0 Å². The number of hydrogen-bond donors (Lipinski definition) is 1. The summed E-state index contributed by atoms with van der Waals surface area (Å²) >= 11 is 1.07. The van der Waals surface area contributed by atoms with Crippen LogP contribution in [0.2, 0.25) is 0 Å². The molecule has 6 heteroatoms. The van der Waals surface area contributed by atoms with E-state index < -0.39 is 5.97 Å². The van der Waals surface area contributed by atoms with Gasteiger partial charge < -0.3 is 10.1 Å². The molecule has 1 rings (SSSR count). The van der Waals surface area contributed by atoms with Gasteiger partial charge in [0, 0.05) is 6.54 Å². The molecular formula is C14H19NO4S. The maximum Gasteiger partial charge on any atom is 0.348 e. The predicted octanol–water partition coefficient (Wildman–Crippen LogP) is 2.27. The summed E-state index contributed by atoms with van der Waals surface area (Å²) < 4.78 is 4.89. The molecule has 0 aliphatic heterocycles. The van der Waals surface area contributed by atoms with Gasteiger partial charge in [-0.25, -0.2) is 4.79 Å². The number of nitrogens with one attached hydrogen (secondary N) is 1. The third-order valence-electron chi connectivity index (χ3n) is 2.53. The van der Waals surface area contributed by atoms with Crippen molar-refractivity contribution in [3.63, 3.8) is 0 Å². The molecule has 0 fully saturated rings. The Bertz CT molecular complexity index is 493. The summed E-state index contributed by atoms with van der Waals surface area (Å²) in [6.45, 7) is 5.83.